The molecule has 20 heavy (non-hydrogen) atoms. The highest BCUT2D eigenvalue weighted by atomic mass is 15.3. The van der Waals surface area contributed by atoms with Gasteiger partial charge in [0, 0.05) is 18.2 Å². The molecule has 0 atom stereocenters. The number of rotatable bonds is 6. The van der Waals surface area contributed by atoms with E-state index in [1.807, 2.05) is 10.7 Å². The van der Waals surface area contributed by atoms with Crippen LogP contribution < -0.4 is 11.3 Å². The van der Waals surface area contributed by atoms with Crippen LogP contribution in [0.1, 0.15) is 44.4 Å². The molecule has 2 aromatic heterocycles. The Hall–Kier alpha value is -1.95. The van der Waals surface area contributed by atoms with Crippen LogP contribution in [0.15, 0.2) is 12.1 Å². The summed E-state index contributed by atoms with van der Waals surface area (Å²) < 4.78 is 1.89. The topological polar surface area (TPSA) is 81.6 Å². The van der Waals surface area contributed by atoms with Crippen LogP contribution in [0.25, 0.3) is 5.82 Å². The van der Waals surface area contributed by atoms with Crippen molar-refractivity contribution in [2.45, 2.75) is 46.5 Å². The molecule has 6 nitrogen and oxygen atoms in total. The van der Waals surface area contributed by atoms with E-state index < -0.39 is 0 Å². The average Bonchev–Trinajstić information content (AvgIpc) is 2.90. The number of nitrogen functional groups attached to an aromatic ring is 1. The molecule has 0 aromatic carbocycles. The van der Waals surface area contributed by atoms with E-state index in [9.17, 15) is 0 Å². The number of hydrazine groups is 1. The Labute approximate surface area is 119 Å². The standard InChI is InChI=1S/C14H22N6/c1-4-7-12-16-13(18-15)9-14(17-12)20-11(6-3)8-10(5-2)19-20/h8-9H,4-7,15H2,1-3H3,(H,16,17,18). The molecular formula is C14H22N6. The minimum atomic E-state index is 0.619. The van der Waals surface area contributed by atoms with Gasteiger partial charge in [0.05, 0.1) is 5.69 Å². The van der Waals surface area contributed by atoms with Crippen LogP contribution >= 0.6 is 0 Å². The summed E-state index contributed by atoms with van der Waals surface area (Å²) in [7, 11) is 0. The number of hydrogen-bond donors (Lipinski definition) is 2. The van der Waals surface area contributed by atoms with Crippen molar-refractivity contribution in [1.29, 1.82) is 0 Å². The van der Waals surface area contributed by atoms with Crippen molar-refractivity contribution in [2.75, 3.05) is 5.43 Å². The maximum atomic E-state index is 5.49. The van der Waals surface area contributed by atoms with Gasteiger partial charge in [-0.1, -0.05) is 20.8 Å². The van der Waals surface area contributed by atoms with Crippen LogP contribution in [0.5, 0.6) is 0 Å². The van der Waals surface area contributed by atoms with Gasteiger partial charge < -0.3 is 5.43 Å². The number of hydrogen-bond acceptors (Lipinski definition) is 5. The summed E-state index contributed by atoms with van der Waals surface area (Å²) in [6.45, 7) is 6.32. The minimum Gasteiger partial charge on any atom is -0.308 e. The number of nitrogens with two attached hydrogens (primary N) is 1. The van der Waals surface area contributed by atoms with E-state index in [0.717, 1.165) is 48.7 Å². The molecule has 0 saturated heterocycles. The molecule has 0 saturated carbocycles. The van der Waals surface area contributed by atoms with Crippen LogP contribution in [-0.2, 0) is 19.3 Å². The normalized spacial score (nSPS) is 10.8. The Kier molecular flexibility index (Phi) is 4.68. The first-order valence-electron chi connectivity index (χ1n) is 7.14. The van der Waals surface area contributed by atoms with Crippen LogP contribution in [0.2, 0.25) is 0 Å². The number of aromatic nitrogens is 4. The summed E-state index contributed by atoms with van der Waals surface area (Å²) in [5, 5.41) is 4.60. The van der Waals surface area contributed by atoms with E-state index in [4.69, 9.17) is 5.84 Å². The second-order valence-corrected chi connectivity index (χ2v) is 4.67. The molecule has 0 aliphatic heterocycles. The van der Waals surface area contributed by atoms with Gasteiger partial charge in [0.1, 0.15) is 11.6 Å². The second kappa shape index (κ2) is 6.47. The molecule has 2 rings (SSSR count). The summed E-state index contributed by atoms with van der Waals surface area (Å²) in [4.78, 5) is 8.95. The first-order chi connectivity index (χ1) is 9.71. The fourth-order valence-electron chi connectivity index (χ4n) is 2.10. The van der Waals surface area contributed by atoms with E-state index in [1.165, 1.54) is 0 Å². The third-order valence-corrected chi connectivity index (χ3v) is 3.16. The summed E-state index contributed by atoms with van der Waals surface area (Å²) in [5.74, 6) is 7.67. The predicted molar refractivity (Wildman–Crippen MR) is 79.7 cm³/mol. The van der Waals surface area contributed by atoms with E-state index in [-0.39, 0.29) is 0 Å². The first kappa shape index (κ1) is 14.5. The molecule has 0 spiro atoms. The lowest BCUT2D eigenvalue weighted by molar-refractivity contribution is 0.746. The summed E-state index contributed by atoms with van der Waals surface area (Å²) in [5.41, 5.74) is 4.82. The zero-order valence-corrected chi connectivity index (χ0v) is 12.3. The Balaban J connectivity index is 2.50. The van der Waals surface area contributed by atoms with Crippen molar-refractivity contribution in [3.05, 3.63) is 29.3 Å². The van der Waals surface area contributed by atoms with Crippen molar-refractivity contribution in [3.8, 4) is 5.82 Å². The molecule has 0 unspecified atom stereocenters. The van der Waals surface area contributed by atoms with Gasteiger partial charge >= 0.3 is 0 Å². The molecule has 0 aliphatic carbocycles. The van der Waals surface area contributed by atoms with Gasteiger partial charge in [-0.15, -0.1) is 0 Å². The van der Waals surface area contributed by atoms with Crippen LogP contribution in [0.3, 0.4) is 0 Å². The lowest BCUT2D eigenvalue weighted by Gasteiger charge is -2.09. The minimum absolute atomic E-state index is 0.619. The fraction of sp³-hybridized carbons (Fsp3) is 0.500. The number of nitrogens with zero attached hydrogens (tertiary/aromatic N) is 4. The van der Waals surface area contributed by atoms with Gasteiger partial charge in [-0.05, 0) is 25.3 Å². The predicted octanol–water partition coefficient (Wildman–Crippen LogP) is 2.03. The first-order valence-corrected chi connectivity index (χ1v) is 7.14. The third kappa shape index (κ3) is 2.96. The van der Waals surface area contributed by atoms with Gasteiger partial charge in [-0.2, -0.15) is 5.10 Å². The zero-order chi connectivity index (χ0) is 14.5. The Bertz CT molecular complexity index is 575. The quantitative estimate of drug-likeness (QED) is 0.622. The van der Waals surface area contributed by atoms with Crippen LogP contribution in [-0.4, -0.2) is 19.7 Å². The number of nitrogens with one attached hydrogen (secondary N) is 1. The maximum Gasteiger partial charge on any atom is 0.159 e. The Morgan fingerprint density at radius 1 is 1.15 bits per heavy atom. The van der Waals surface area contributed by atoms with Crippen molar-refractivity contribution in [3.63, 3.8) is 0 Å². The van der Waals surface area contributed by atoms with Crippen molar-refractivity contribution >= 4 is 5.82 Å². The summed E-state index contributed by atoms with van der Waals surface area (Å²) in [6.07, 6.45) is 3.64. The van der Waals surface area contributed by atoms with E-state index in [2.05, 4.69) is 47.3 Å². The smallest absolute Gasteiger partial charge is 0.159 e. The highest BCUT2D eigenvalue weighted by Gasteiger charge is 2.11. The van der Waals surface area contributed by atoms with Crippen molar-refractivity contribution in [2.24, 2.45) is 5.84 Å². The zero-order valence-electron chi connectivity index (χ0n) is 12.3. The van der Waals surface area contributed by atoms with Gasteiger partial charge in [0.15, 0.2) is 5.82 Å². The molecule has 0 amide bonds. The summed E-state index contributed by atoms with van der Waals surface area (Å²) >= 11 is 0. The SMILES string of the molecule is CCCc1nc(NN)cc(-n2nc(CC)cc2CC)n1. The summed E-state index contributed by atoms with van der Waals surface area (Å²) in [6, 6.07) is 3.95. The highest BCUT2D eigenvalue weighted by molar-refractivity contribution is 5.41. The monoisotopic (exact) mass is 274 g/mol. The molecule has 2 aromatic rings. The average molecular weight is 274 g/mol. The second-order valence-electron chi connectivity index (χ2n) is 4.67. The Morgan fingerprint density at radius 2 is 1.95 bits per heavy atom. The number of anilines is 1. The molecule has 0 fully saturated rings. The molecule has 2 heterocycles. The molecule has 0 bridgehead atoms. The maximum absolute atomic E-state index is 5.49. The van der Waals surface area contributed by atoms with Gasteiger partial charge in [0.25, 0.3) is 0 Å². The lowest BCUT2D eigenvalue weighted by atomic mass is 10.2. The van der Waals surface area contributed by atoms with Crippen LogP contribution in [0.4, 0.5) is 5.82 Å². The van der Waals surface area contributed by atoms with Crippen molar-refractivity contribution < 1.29 is 0 Å². The molecule has 0 aliphatic rings. The molecule has 6 heteroatoms. The highest BCUT2D eigenvalue weighted by Crippen LogP contribution is 2.15. The van der Waals surface area contributed by atoms with Gasteiger partial charge in [0.2, 0.25) is 0 Å². The molecule has 0 radical (unpaired) electrons. The van der Waals surface area contributed by atoms with Gasteiger partial charge in [-0.25, -0.2) is 20.5 Å². The van der Waals surface area contributed by atoms with Crippen LogP contribution in [0, 0.1) is 0 Å². The lowest BCUT2D eigenvalue weighted by Crippen LogP contribution is -2.13. The molecular weight excluding hydrogens is 252 g/mol. The largest absolute Gasteiger partial charge is 0.308 e. The van der Waals surface area contributed by atoms with E-state index in [1.54, 1.807) is 0 Å². The third-order valence-electron chi connectivity index (χ3n) is 3.16. The van der Waals surface area contributed by atoms with E-state index >= 15 is 0 Å². The fourth-order valence-corrected chi connectivity index (χ4v) is 2.10. The molecule has 108 valence electrons. The van der Waals surface area contributed by atoms with E-state index in [0.29, 0.717) is 5.82 Å². The Morgan fingerprint density at radius 3 is 2.55 bits per heavy atom. The molecule has 3 N–H and O–H groups in total. The van der Waals surface area contributed by atoms with Gasteiger partial charge in [-0.3, -0.25) is 0 Å². The van der Waals surface area contributed by atoms with Crippen molar-refractivity contribution in [1.82, 2.24) is 19.7 Å². The number of aryl methyl sites for hydroxylation is 3.